The fourth-order valence-electron chi connectivity index (χ4n) is 2.99. The molecule has 1 atom stereocenters. The predicted octanol–water partition coefficient (Wildman–Crippen LogP) is 3.36. The lowest BCUT2D eigenvalue weighted by atomic mass is 9.90. The molecule has 0 radical (unpaired) electrons. The third kappa shape index (κ3) is 4.55. The highest BCUT2D eigenvalue weighted by molar-refractivity contribution is 5.78. The van der Waals surface area contributed by atoms with E-state index in [0.29, 0.717) is 18.8 Å². The van der Waals surface area contributed by atoms with Crippen LogP contribution in [0, 0.1) is 12.3 Å². The highest BCUT2D eigenvalue weighted by Gasteiger charge is 2.34. The maximum absolute atomic E-state index is 12.3. The van der Waals surface area contributed by atoms with E-state index in [1.54, 1.807) is 0 Å². The van der Waals surface area contributed by atoms with Gasteiger partial charge in [-0.2, -0.15) is 0 Å². The van der Waals surface area contributed by atoms with Crippen molar-refractivity contribution in [2.75, 3.05) is 26.2 Å². The van der Waals surface area contributed by atoms with Crippen LogP contribution in [0.25, 0.3) is 0 Å². The zero-order valence-corrected chi connectivity index (χ0v) is 15.4. The number of hydrogen-bond acceptors (Lipinski definition) is 4. The van der Waals surface area contributed by atoms with Crippen LogP contribution in [-0.4, -0.2) is 37.0 Å². The van der Waals surface area contributed by atoms with Gasteiger partial charge in [-0.3, -0.25) is 4.79 Å². The lowest BCUT2D eigenvalue weighted by Crippen LogP contribution is -2.36. The average Bonchev–Trinajstić information content (AvgIpc) is 3.06. The van der Waals surface area contributed by atoms with E-state index < -0.39 is 0 Å². The molecule has 0 aliphatic carbocycles. The molecule has 3 rings (SSSR count). The molecule has 0 bridgehead atoms. The van der Waals surface area contributed by atoms with Crippen LogP contribution in [0.3, 0.4) is 0 Å². The number of aryl methyl sites for hydroxylation is 1. The van der Waals surface area contributed by atoms with E-state index in [1.807, 2.05) is 60.4 Å². The van der Waals surface area contributed by atoms with Crippen molar-refractivity contribution in [2.45, 2.75) is 20.3 Å². The molecule has 0 saturated carbocycles. The molecule has 5 heteroatoms. The Hall–Kier alpha value is -2.53. The molecular formula is C21H26N2O3. The lowest BCUT2D eigenvalue weighted by molar-refractivity contribution is -0.132. The van der Waals surface area contributed by atoms with E-state index in [4.69, 9.17) is 15.2 Å². The van der Waals surface area contributed by atoms with Crippen LogP contribution in [0.15, 0.2) is 48.5 Å². The molecule has 2 N–H and O–H groups in total. The Morgan fingerprint density at radius 1 is 1.08 bits per heavy atom. The third-order valence-corrected chi connectivity index (χ3v) is 4.85. The molecule has 1 amide bonds. The molecule has 1 aliphatic rings. The van der Waals surface area contributed by atoms with Gasteiger partial charge < -0.3 is 20.1 Å². The van der Waals surface area contributed by atoms with Crippen LogP contribution >= 0.6 is 0 Å². The number of rotatable bonds is 6. The summed E-state index contributed by atoms with van der Waals surface area (Å²) < 4.78 is 11.4. The first-order valence-corrected chi connectivity index (χ1v) is 8.93. The second kappa shape index (κ2) is 7.79. The van der Waals surface area contributed by atoms with E-state index in [0.717, 1.165) is 24.5 Å². The first-order chi connectivity index (χ1) is 12.5. The average molecular weight is 354 g/mol. The molecule has 1 fully saturated rings. The summed E-state index contributed by atoms with van der Waals surface area (Å²) in [4.78, 5) is 14.1. The van der Waals surface area contributed by atoms with Gasteiger partial charge in [-0.1, -0.05) is 24.6 Å². The minimum absolute atomic E-state index is 0.00200. The number of nitrogens with two attached hydrogens (primary N) is 1. The zero-order chi connectivity index (χ0) is 18.6. The number of ether oxygens (including phenoxy) is 2. The standard InChI is InChI=1S/C21H26N2O3/c1-16-3-5-18(6-4-16)26-19-9-7-17(8-10-19)25-13-20(24)23-12-11-21(2,14-22)15-23/h3-10H,11-15,22H2,1-2H3. The smallest absolute Gasteiger partial charge is 0.260 e. The van der Waals surface area contributed by atoms with E-state index in [1.165, 1.54) is 5.56 Å². The van der Waals surface area contributed by atoms with Gasteiger partial charge in [0.2, 0.25) is 0 Å². The minimum Gasteiger partial charge on any atom is -0.484 e. The largest absolute Gasteiger partial charge is 0.484 e. The number of likely N-dealkylation sites (tertiary alicyclic amines) is 1. The van der Waals surface area contributed by atoms with Crippen LogP contribution in [0.4, 0.5) is 0 Å². The normalized spacial score (nSPS) is 19.4. The summed E-state index contributed by atoms with van der Waals surface area (Å²) in [5.41, 5.74) is 7.01. The van der Waals surface area contributed by atoms with Crippen LogP contribution in [0.1, 0.15) is 18.9 Å². The van der Waals surface area contributed by atoms with Gasteiger partial charge in [0.25, 0.3) is 5.91 Å². The third-order valence-electron chi connectivity index (χ3n) is 4.85. The SMILES string of the molecule is Cc1ccc(Oc2ccc(OCC(=O)N3CCC(C)(CN)C3)cc2)cc1. The number of benzene rings is 2. The summed E-state index contributed by atoms with van der Waals surface area (Å²) in [5, 5.41) is 0. The summed E-state index contributed by atoms with van der Waals surface area (Å²) in [6, 6.07) is 15.2. The zero-order valence-electron chi connectivity index (χ0n) is 15.4. The summed E-state index contributed by atoms with van der Waals surface area (Å²) in [5.74, 6) is 2.17. The van der Waals surface area contributed by atoms with E-state index in [9.17, 15) is 4.79 Å². The first-order valence-electron chi connectivity index (χ1n) is 8.93. The van der Waals surface area contributed by atoms with E-state index >= 15 is 0 Å². The van der Waals surface area contributed by atoms with Crippen molar-refractivity contribution in [1.29, 1.82) is 0 Å². The van der Waals surface area contributed by atoms with Gasteiger partial charge in [0.15, 0.2) is 6.61 Å². The summed E-state index contributed by atoms with van der Waals surface area (Å²) in [7, 11) is 0. The molecule has 0 spiro atoms. The minimum atomic E-state index is 0.00200. The molecule has 5 nitrogen and oxygen atoms in total. The van der Waals surface area contributed by atoms with Gasteiger partial charge in [0.1, 0.15) is 17.2 Å². The maximum atomic E-state index is 12.3. The Balaban J connectivity index is 1.50. The Kier molecular flexibility index (Phi) is 5.47. The molecule has 138 valence electrons. The van der Waals surface area contributed by atoms with Crippen molar-refractivity contribution >= 4 is 5.91 Å². The molecule has 2 aromatic carbocycles. The molecule has 1 aliphatic heterocycles. The Labute approximate surface area is 154 Å². The number of nitrogens with zero attached hydrogens (tertiary/aromatic N) is 1. The highest BCUT2D eigenvalue weighted by Crippen LogP contribution is 2.28. The van der Waals surface area contributed by atoms with Gasteiger partial charge in [0, 0.05) is 13.1 Å². The Morgan fingerprint density at radius 2 is 1.65 bits per heavy atom. The second-order valence-corrected chi connectivity index (χ2v) is 7.26. The summed E-state index contributed by atoms with van der Waals surface area (Å²) in [6.07, 6.45) is 0.945. The summed E-state index contributed by atoms with van der Waals surface area (Å²) >= 11 is 0. The van der Waals surface area contributed by atoms with Crippen molar-refractivity contribution in [1.82, 2.24) is 4.90 Å². The molecule has 1 heterocycles. The van der Waals surface area contributed by atoms with Gasteiger partial charge in [0.05, 0.1) is 0 Å². The molecule has 1 saturated heterocycles. The van der Waals surface area contributed by atoms with Gasteiger partial charge >= 0.3 is 0 Å². The number of carbonyl (C=O) groups is 1. The topological polar surface area (TPSA) is 64.8 Å². The van der Waals surface area contributed by atoms with Crippen molar-refractivity contribution in [3.63, 3.8) is 0 Å². The summed E-state index contributed by atoms with van der Waals surface area (Å²) in [6.45, 7) is 6.25. The molecule has 0 aromatic heterocycles. The van der Waals surface area contributed by atoms with Crippen LogP contribution < -0.4 is 15.2 Å². The number of carbonyl (C=O) groups excluding carboxylic acids is 1. The highest BCUT2D eigenvalue weighted by atomic mass is 16.5. The van der Waals surface area contributed by atoms with Gasteiger partial charge in [-0.05, 0) is 61.7 Å². The monoisotopic (exact) mass is 354 g/mol. The van der Waals surface area contributed by atoms with Gasteiger partial charge in [-0.15, -0.1) is 0 Å². The number of amides is 1. The fraction of sp³-hybridized carbons (Fsp3) is 0.381. The van der Waals surface area contributed by atoms with Crippen LogP contribution in [0.5, 0.6) is 17.2 Å². The van der Waals surface area contributed by atoms with Crippen molar-refractivity contribution < 1.29 is 14.3 Å². The molecular weight excluding hydrogens is 328 g/mol. The molecule has 2 aromatic rings. The predicted molar refractivity (Wildman–Crippen MR) is 102 cm³/mol. The Morgan fingerprint density at radius 3 is 2.23 bits per heavy atom. The quantitative estimate of drug-likeness (QED) is 0.864. The van der Waals surface area contributed by atoms with Gasteiger partial charge in [-0.25, -0.2) is 0 Å². The second-order valence-electron chi connectivity index (χ2n) is 7.26. The first kappa shape index (κ1) is 18.3. The fourth-order valence-corrected chi connectivity index (χ4v) is 2.99. The molecule has 1 unspecified atom stereocenters. The maximum Gasteiger partial charge on any atom is 0.260 e. The number of hydrogen-bond donors (Lipinski definition) is 1. The van der Waals surface area contributed by atoms with Crippen molar-refractivity contribution in [2.24, 2.45) is 11.1 Å². The van der Waals surface area contributed by atoms with E-state index in [2.05, 4.69) is 6.92 Å². The van der Waals surface area contributed by atoms with Crippen molar-refractivity contribution in [3.05, 3.63) is 54.1 Å². The van der Waals surface area contributed by atoms with Crippen LogP contribution in [-0.2, 0) is 4.79 Å². The van der Waals surface area contributed by atoms with Crippen LogP contribution in [0.2, 0.25) is 0 Å². The lowest BCUT2D eigenvalue weighted by Gasteiger charge is -2.22. The molecule has 26 heavy (non-hydrogen) atoms. The van der Waals surface area contributed by atoms with Crippen molar-refractivity contribution in [3.8, 4) is 17.2 Å². The van der Waals surface area contributed by atoms with E-state index in [-0.39, 0.29) is 17.9 Å². The Bertz CT molecular complexity index is 743.